The largest absolute Gasteiger partial charge is 0.508 e. The third-order valence-corrected chi connectivity index (χ3v) is 2.31. The van der Waals surface area contributed by atoms with E-state index >= 15 is 0 Å². The molecule has 0 spiro atoms. The van der Waals surface area contributed by atoms with Crippen LogP contribution in [0, 0.1) is 0 Å². The number of rotatable bonds is 3. The van der Waals surface area contributed by atoms with Gasteiger partial charge in [-0.15, -0.1) is 0 Å². The summed E-state index contributed by atoms with van der Waals surface area (Å²) in [6.45, 7) is 0.247. The second-order valence-corrected chi connectivity index (χ2v) is 3.58. The normalized spacial score (nSPS) is 10.1. The molecule has 2 aromatic rings. The van der Waals surface area contributed by atoms with Crippen LogP contribution in [-0.2, 0) is 6.61 Å². The molecule has 0 aliphatic rings. The Labute approximate surface area is 98.3 Å². The van der Waals surface area contributed by atoms with Gasteiger partial charge in [0.15, 0.2) is 11.5 Å². The number of phenolic OH excluding ortho intramolecular Hbond substituents is 3. The summed E-state index contributed by atoms with van der Waals surface area (Å²) in [5.74, 6) is -0.0773. The molecule has 88 valence electrons. The first-order chi connectivity index (χ1) is 8.16. The van der Waals surface area contributed by atoms with Gasteiger partial charge in [0.05, 0.1) is 0 Å². The van der Waals surface area contributed by atoms with Crippen LogP contribution in [0.4, 0.5) is 0 Å². The zero-order chi connectivity index (χ0) is 12.3. The number of hydrogen-bond donors (Lipinski definition) is 3. The predicted molar refractivity (Wildman–Crippen MR) is 62.2 cm³/mol. The molecule has 0 unspecified atom stereocenters. The summed E-state index contributed by atoms with van der Waals surface area (Å²) in [4.78, 5) is 0. The van der Waals surface area contributed by atoms with Crippen molar-refractivity contribution in [2.75, 3.05) is 0 Å². The maximum atomic E-state index is 9.50. The molecule has 17 heavy (non-hydrogen) atoms. The number of benzene rings is 2. The summed E-state index contributed by atoms with van der Waals surface area (Å²) in [5, 5.41) is 27.9. The maximum absolute atomic E-state index is 9.50. The van der Waals surface area contributed by atoms with E-state index in [0.29, 0.717) is 0 Å². The quantitative estimate of drug-likeness (QED) is 0.710. The van der Waals surface area contributed by atoms with E-state index in [0.717, 1.165) is 5.56 Å². The summed E-state index contributed by atoms with van der Waals surface area (Å²) in [7, 11) is 0. The van der Waals surface area contributed by atoms with Crippen molar-refractivity contribution in [3.8, 4) is 23.0 Å². The molecule has 2 aromatic carbocycles. The van der Waals surface area contributed by atoms with E-state index in [1.807, 2.05) is 0 Å². The minimum Gasteiger partial charge on any atom is -0.508 e. The molecule has 4 nitrogen and oxygen atoms in total. The van der Waals surface area contributed by atoms with Crippen LogP contribution < -0.4 is 4.74 Å². The molecule has 2 rings (SSSR count). The van der Waals surface area contributed by atoms with Crippen molar-refractivity contribution >= 4 is 0 Å². The minimum atomic E-state index is -0.272. The van der Waals surface area contributed by atoms with Crippen LogP contribution >= 0.6 is 0 Å². The van der Waals surface area contributed by atoms with Gasteiger partial charge in [0.2, 0.25) is 5.75 Å². The van der Waals surface area contributed by atoms with Crippen molar-refractivity contribution < 1.29 is 20.1 Å². The highest BCUT2D eigenvalue weighted by molar-refractivity contribution is 5.48. The van der Waals surface area contributed by atoms with E-state index in [4.69, 9.17) is 9.84 Å². The number of aromatic hydroxyl groups is 3. The van der Waals surface area contributed by atoms with Crippen molar-refractivity contribution in [2.24, 2.45) is 0 Å². The van der Waals surface area contributed by atoms with E-state index < -0.39 is 0 Å². The molecular formula is C13H12O4. The molecule has 0 radical (unpaired) electrons. The molecule has 0 fully saturated rings. The number of ether oxygens (including phenoxy) is 1. The molecule has 0 aromatic heterocycles. The smallest absolute Gasteiger partial charge is 0.200 e. The molecule has 0 aliphatic carbocycles. The Morgan fingerprint density at radius 3 is 2.29 bits per heavy atom. The Hall–Kier alpha value is -2.36. The van der Waals surface area contributed by atoms with Crippen molar-refractivity contribution in [1.29, 1.82) is 0 Å². The number of hydrogen-bond acceptors (Lipinski definition) is 4. The molecule has 0 bridgehead atoms. The second-order valence-electron chi connectivity index (χ2n) is 3.58. The van der Waals surface area contributed by atoms with E-state index in [-0.39, 0.29) is 29.6 Å². The van der Waals surface area contributed by atoms with E-state index in [9.17, 15) is 10.2 Å². The van der Waals surface area contributed by atoms with Gasteiger partial charge in [-0.25, -0.2) is 0 Å². The lowest BCUT2D eigenvalue weighted by Crippen LogP contribution is -1.95. The molecule has 3 N–H and O–H groups in total. The Kier molecular flexibility index (Phi) is 3.05. The summed E-state index contributed by atoms with van der Waals surface area (Å²) in [6, 6.07) is 11.1. The maximum Gasteiger partial charge on any atom is 0.200 e. The monoisotopic (exact) mass is 232 g/mol. The molecule has 0 aliphatic heterocycles. The lowest BCUT2D eigenvalue weighted by molar-refractivity contribution is 0.283. The van der Waals surface area contributed by atoms with Gasteiger partial charge in [-0.3, -0.25) is 0 Å². The van der Waals surface area contributed by atoms with Gasteiger partial charge in [-0.05, 0) is 29.8 Å². The highest BCUT2D eigenvalue weighted by Gasteiger charge is 2.06. The Morgan fingerprint density at radius 2 is 1.59 bits per heavy atom. The fourth-order valence-corrected chi connectivity index (χ4v) is 1.38. The Bertz CT molecular complexity index is 505. The molecule has 0 amide bonds. The van der Waals surface area contributed by atoms with Crippen molar-refractivity contribution in [3.05, 3.63) is 48.0 Å². The van der Waals surface area contributed by atoms with Crippen molar-refractivity contribution in [1.82, 2.24) is 0 Å². The predicted octanol–water partition coefficient (Wildman–Crippen LogP) is 2.38. The molecular weight excluding hydrogens is 220 g/mol. The fraction of sp³-hybridized carbons (Fsp3) is 0.0769. The van der Waals surface area contributed by atoms with E-state index in [1.165, 1.54) is 6.07 Å². The van der Waals surface area contributed by atoms with Crippen LogP contribution in [0.5, 0.6) is 23.0 Å². The zero-order valence-electron chi connectivity index (χ0n) is 9.00. The molecule has 4 heteroatoms. The molecule has 0 saturated carbocycles. The number of para-hydroxylation sites is 1. The SMILES string of the molecule is Oc1ccc(COc2cccc(O)c2O)cc1. The topological polar surface area (TPSA) is 69.9 Å². The summed E-state index contributed by atoms with van der Waals surface area (Å²) >= 11 is 0. The van der Waals surface area contributed by atoms with Gasteiger partial charge < -0.3 is 20.1 Å². The van der Waals surface area contributed by atoms with Crippen LogP contribution in [0.25, 0.3) is 0 Å². The lowest BCUT2D eigenvalue weighted by Gasteiger charge is -2.08. The highest BCUT2D eigenvalue weighted by atomic mass is 16.5. The highest BCUT2D eigenvalue weighted by Crippen LogP contribution is 2.34. The molecule has 0 heterocycles. The third-order valence-electron chi connectivity index (χ3n) is 2.31. The molecule has 0 saturated heterocycles. The van der Waals surface area contributed by atoms with Crippen LogP contribution in [-0.4, -0.2) is 15.3 Å². The first-order valence-electron chi connectivity index (χ1n) is 5.08. The fourth-order valence-electron chi connectivity index (χ4n) is 1.38. The Balaban J connectivity index is 2.07. The van der Waals surface area contributed by atoms with Gasteiger partial charge in [-0.2, -0.15) is 0 Å². The summed E-state index contributed by atoms with van der Waals surface area (Å²) < 4.78 is 5.35. The van der Waals surface area contributed by atoms with Gasteiger partial charge in [0.25, 0.3) is 0 Å². The average molecular weight is 232 g/mol. The van der Waals surface area contributed by atoms with Crippen molar-refractivity contribution in [2.45, 2.75) is 6.61 Å². The van der Waals surface area contributed by atoms with Crippen LogP contribution in [0.2, 0.25) is 0 Å². The van der Waals surface area contributed by atoms with E-state index in [1.54, 1.807) is 36.4 Å². The van der Waals surface area contributed by atoms with E-state index in [2.05, 4.69) is 0 Å². The summed E-state index contributed by atoms with van der Waals surface area (Å²) in [6.07, 6.45) is 0. The second kappa shape index (κ2) is 4.65. The number of phenols is 3. The zero-order valence-corrected chi connectivity index (χ0v) is 9.00. The van der Waals surface area contributed by atoms with Gasteiger partial charge in [0.1, 0.15) is 12.4 Å². The Morgan fingerprint density at radius 1 is 0.882 bits per heavy atom. The standard InChI is InChI=1S/C13H12O4/c14-10-6-4-9(5-7-10)8-17-12-3-1-2-11(15)13(12)16/h1-7,14-16H,8H2. The van der Waals surface area contributed by atoms with Gasteiger partial charge in [0, 0.05) is 0 Å². The van der Waals surface area contributed by atoms with Crippen molar-refractivity contribution in [3.63, 3.8) is 0 Å². The first-order valence-corrected chi connectivity index (χ1v) is 5.08. The average Bonchev–Trinajstić information content (AvgIpc) is 2.33. The molecule has 0 atom stereocenters. The lowest BCUT2D eigenvalue weighted by atomic mass is 10.2. The van der Waals surface area contributed by atoms with Crippen LogP contribution in [0.1, 0.15) is 5.56 Å². The van der Waals surface area contributed by atoms with Crippen LogP contribution in [0.15, 0.2) is 42.5 Å². The van der Waals surface area contributed by atoms with Gasteiger partial charge in [-0.1, -0.05) is 18.2 Å². The van der Waals surface area contributed by atoms with Gasteiger partial charge >= 0.3 is 0 Å². The summed E-state index contributed by atoms with van der Waals surface area (Å²) in [5.41, 5.74) is 0.852. The first kappa shape index (κ1) is 11.1. The van der Waals surface area contributed by atoms with Crippen LogP contribution in [0.3, 0.4) is 0 Å². The minimum absolute atomic E-state index is 0.189. The third kappa shape index (κ3) is 2.60.